The van der Waals surface area contributed by atoms with E-state index < -0.39 is 12.1 Å². The Hall–Kier alpha value is -4.52. The van der Waals surface area contributed by atoms with E-state index in [1.165, 1.54) is 45.2 Å². The highest BCUT2D eigenvalue weighted by Gasteiger charge is 2.37. The number of likely N-dealkylation sites (tertiary alicyclic amines) is 1. The number of rotatable bonds is 8. The quantitative estimate of drug-likeness (QED) is 0.128. The van der Waals surface area contributed by atoms with E-state index in [4.69, 9.17) is 14.7 Å². The molecule has 2 aliphatic rings. The van der Waals surface area contributed by atoms with Gasteiger partial charge in [0.05, 0.1) is 51.5 Å². The molecule has 3 atom stereocenters. The fourth-order valence-corrected chi connectivity index (χ4v) is 9.63. The lowest BCUT2D eigenvalue weighted by Crippen LogP contribution is -2.51. The molecule has 49 heavy (non-hydrogen) atoms. The van der Waals surface area contributed by atoms with Crippen molar-refractivity contribution in [3.05, 3.63) is 71.1 Å². The number of methoxy groups -OCH3 is 1. The number of H-pyrrole nitrogens is 2. The summed E-state index contributed by atoms with van der Waals surface area (Å²) in [5.74, 6) is 1.60. The van der Waals surface area contributed by atoms with Crippen LogP contribution in [0.4, 0.5) is 4.79 Å². The molecule has 0 spiro atoms. The van der Waals surface area contributed by atoms with Crippen LogP contribution in [-0.4, -0.2) is 63.1 Å². The van der Waals surface area contributed by atoms with Crippen LogP contribution >= 0.6 is 22.7 Å². The number of imidazole rings is 2. The standard InChI is InChI=1S/C37H39N7O3S2/c1-20(2)31(43-37(46)47-3)36(45)44-15-5-7-30(44)35-39-17-29(42-35)22-10-8-21(9-11-22)24-18-48-33-25(19-49-32(24)33)23-12-13-26-28(16-23)41-34(40-26)27-6-4-14-38-27/h8-13,16-20,27,30-31,38H,4-7,14-15H2,1-3H3,(H,39,42)(H,40,41)(H,43,46)/t27-,30-,31-/m0/s1. The number of nitrogens with one attached hydrogen (secondary N) is 4. The third-order valence-electron chi connectivity index (χ3n) is 9.83. The average Bonchev–Trinajstić information content (AvgIpc) is 3.96. The fourth-order valence-electron chi connectivity index (χ4n) is 7.17. The van der Waals surface area contributed by atoms with Crippen molar-refractivity contribution in [1.29, 1.82) is 0 Å². The van der Waals surface area contributed by atoms with E-state index in [1.54, 1.807) is 22.7 Å². The largest absolute Gasteiger partial charge is 0.453 e. The van der Waals surface area contributed by atoms with Crippen LogP contribution in [0.5, 0.6) is 0 Å². The minimum atomic E-state index is -0.662. The monoisotopic (exact) mass is 693 g/mol. The van der Waals surface area contributed by atoms with Crippen molar-refractivity contribution in [2.24, 2.45) is 5.92 Å². The molecule has 12 heteroatoms. The topological polar surface area (TPSA) is 128 Å². The number of carbonyl (C=O) groups excluding carboxylic acids is 2. The Kier molecular flexibility index (Phi) is 8.46. The SMILES string of the molecule is COC(=O)N[C@H](C(=O)N1CCC[C@H]1c1ncc(-c2ccc(-c3csc4c(-c5ccc6nc([C@@H]7CCCN7)[nH]c6c5)csc34)cc2)[nH]1)C(C)C. The molecule has 2 fully saturated rings. The number of benzene rings is 2. The summed E-state index contributed by atoms with van der Waals surface area (Å²) >= 11 is 3.58. The van der Waals surface area contributed by atoms with Crippen LogP contribution in [0.1, 0.15) is 63.3 Å². The van der Waals surface area contributed by atoms with E-state index in [2.05, 4.69) is 73.8 Å². The molecular weight excluding hydrogens is 655 g/mol. The molecule has 8 rings (SSSR count). The second-order valence-electron chi connectivity index (χ2n) is 13.3. The normalized spacial score (nSPS) is 18.6. The molecule has 10 nitrogen and oxygen atoms in total. The first kappa shape index (κ1) is 31.7. The summed E-state index contributed by atoms with van der Waals surface area (Å²) in [5.41, 5.74) is 8.91. The molecule has 0 radical (unpaired) electrons. The minimum absolute atomic E-state index is 0.0809. The van der Waals surface area contributed by atoms with Crippen molar-refractivity contribution in [3.8, 4) is 33.5 Å². The fraction of sp³-hybridized carbons (Fsp3) is 0.351. The summed E-state index contributed by atoms with van der Waals surface area (Å²) in [5, 5.41) is 10.8. The van der Waals surface area contributed by atoms with E-state index in [0.29, 0.717) is 12.6 Å². The highest BCUT2D eigenvalue weighted by Crippen LogP contribution is 2.44. The number of ether oxygens (including phenoxy) is 1. The van der Waals surface area contributed by atoms with Crippen LogP contribution in [0, 0.1) is 5.92 Å². The number of fused-ring (bicyclic) bond motifs is 2. The van der Waals surface area contributed by atoms with Gasteiger partial charge in [-0.1, -0.05) is 44.2 Å². The van der Waals surface area contributed by atoms with Crippen LogP contribution in [-0.2, 0) is 9.53 Å². The summed E-state index contributed by atoms with van der Waals surface area (Å²) in [6.45, 7) is 5.51. The maximum absolute atomic E-state index is 13.5. The Morgan fingerprint density at radius 3 is 2.39 bits per heavy atom. The van der Waals surface area contributed by atoms with Gasteiger partial charge in [-0.3, -0.25) is 4.79 Å². The van der Waals surface area contributed by atoms with Gasteiger partial charge in [0.25, 0.3) is 0 Å². The van der Waals surface area contributed by atoms with E-state index in [0.717, 1.165) is 59.7 Å². The molecular formula is C37H39N7O3S2. The van der Waals surface area contributed by atoms with Crippen molar-refractivity contribution in [3.63, 3.8) is 0 Å². The first-order valence-electron chi connectivity index (χ1n) is 16.9. The van der Waals surface area contributed by atoms with Crippen molar-refractivity contribution in [1.82, 2.24) is 35.5 Å². The lowest BCUT2D eigenvalue weighted by Gasteiger charge is -2.30. The Morgan fingerprint density at radius 2 is 1.67 bits per heavy atom. The third kappa shape index (κ3) is 5.91. The molecule has 0 saturated carbocycles. The van der Waals surface area contributed by atoms with Crippen molar-refractivity contribution in [2.75, 3.05) is 20.2 Å². The zero-order valence-electron chi connectivity index (χ0n) is 27.7. The summed E-state index contributed by atoms with van der Waals surface area (Å²) in [6.07, 6.45) is 5.24. The van der Waals surface area contributed by atoms with Crippen LogP contribution in [0.3, 0.4) is 0 Å². The Labute approximate surface area is 292 Å². The van der Waals surface area contributed by atoms with E-state index >= 15 is 0 Å². The first-order chi connectivity index (χ1) is 23.9. The number of carbonyl (C=O) groups is 2. The van der Waals surface area contributed by atoms with Crippen LogP contribution in [0.15, 0.2) is 59.4 Å². The molecule has 0 bridgehead atoms. The second kappa shape index (κ2) is 13.1. The number of amides is 2. The van der Waals surface area contributed by atoms with Crippen molar-refractivity contribution < 1.29 is 14.3 Å². The predicted octanol–water partition coefficient (Wildman–Crippen LogP) is 8.03. The lowest BCUT2D eigenvalue weighted by atomic mass is 10.0. The number of nitrogens with zero attached hydrogens (tertiary/aromatic N) is 3. The van der Waals surface area contributed by atoms with Crippen LogP contribution in [0.2, 0.25) is 0 Å². The number of hydrogen-bond donors (Lipinski definition) is 4. The number of aromatic nitrogens is 4. The minimum Gasteiger partial charge on any atom is -0.453 e. The van der Waals surface area contributed by atoms with Gasteiger partial charge in [-0.2, -0.15) is 0 Å². The number of hydrogen-bond acceptors (Lipinski definition) is 8. The zero-order chi connectivity index (χ0) is 33.6. The smallest absolute Gasteiger partial charge is 0.407 e. The van der Waals surface area contributed by atoms with Crippen molar-refractivity contribution >= 4 is 55.1 Å². The highest BCUT2D eigenvalue weighted by atomic mass is 32.1. The number of aromatic amines is 2. The molecule has 0 aliphatic carbocycles. The van der Waals surface area contributed by atoms with Gasteiger partial charge >= 0.3 is 6.09 Å². The van der Waals surface area contributed by atoms with Crippen LogP contribution < -0.4 is 10.6 Å². The number of thiophene rings is 2. The molecule has 4 aromatic heterocycles. The third-order valence-corrected chi connectivity index (χ3v) is 12.0. The predicted molar refractivity (Wildman–Crippen MR) is 196 cm³/mol. The first-order valence-corrected chi connectivity index (χ1v) is 18.7. The molecule has 4 N–H and O–H groups in total. The maximum atomic E-state index is 13.5. The van der Waals surface area contributed by atoms with Gasteiger partial charge in [-0.05, 0) is 67.0 Å². The van der Waals surface area contributed by atoms with E-state index in [-0.39, 0.29) is 17.9 Å². The van der Waals surface area contributed by atoms with E-state index in [1.807, 2.05) is 24.9 Å². The van der Waals surface area contributed by atoms with Gasteiger partial charge in [0.15, 0.2) is 0 Å². The molecule has 2 saturated heterocycles. The summed E-state index contributed by atoms with van der Waals surface area (Å²) in [6, 6.07) is 14.6. The van der Waals surface area contributed by atoms with Gasteiger partial charge in [0.2, 0.25) is 5.91 Å². The highest BCUT2D eigenvalue weighted by molar-refractivity contribution is 7.27. The van der Waals surface area contributed by atoms with E-state index in [9.17, 15) is 9.59 Å². The summed E-state index contributed by atoms with van der Waals surface area (Å²) < 4.78 is 7.36. The zero-order valence-corrected chi connectivity index (χ0v) is 29.3. The molecule has 0 unspecified atom stereocenters. The summed E-state index contributed by atoms with van der Waals surface area (Å²) in [4.78, 5) is 43.9. The molecule has 6 heterocycles. The maximum Gasteiger partial charge on any atom is 0.407 e. The Bertz CT molecular complexity index is 2140. The van der Waals surface area contributed by atoms with Gasteiger partial charge in [0, 0.05) is 28.4 Å². The Morgan fingerprint density at radius 1 is 0.939 bits per heavy atom. The summed E-state index contributed by atoms with van der Waals surface area (Å²) in [7, 11) is 1.30. The molecule has 2 amide bonds. The lowest BCUT2D eigenvalue weighted by molar-refractivity contribution is -0.135. The van der Waals surface area contributed by atoms with Gasteiger partial charge in [-0.25, -0.2) is 14.8 Å². The molecule has 6 aromatic rings. The Balaban J connectivity index is 0.998. The second-order valence-corrected chi connectivity index (χ2v) is 15.0. The van der Waals surface area contributed by atoms with Gasteiger partial charge in [0.1, 0.15) is 17.7 Å². The van der Waals surface area contributed by atoms with Crippen LogP contribution in [0.25, 0.3) is 53.9 Å². The molecule has 2 aliphatic heterocycles. The van der Waals surface area contributed by atoms with Gasteiger partial charge in [-0.15, -0.1) is 22.7 Å². The van der Waals surface area contributed by atoms with Gasteiger partial charge < -0.3 is 30.2 Å². The molecule has 2 aromatic carbocycles. The molecule has 252 valence electrons. The van der Waals surface area contributed by atoms with Crippen molar-refractivity contribution in [2.45, 2.75) is 57.7 Å². The number of alkyl carbamates (subject to hydrolysis) is 1. The average molecular weight is 694 g/mol.